The van der Waals surface area contributed by atoms with Crippen molar-refractivity contribution in [2.75, 3.05) is 6.61 Å². The van der Waals surface area contributed by atoms with Crippen LogP contribution in [-0.4, -0.2) is 76.5 Å². The van der Waals surface area contributed by atoms with Gasteiger partial charge >= 0.3 is 17.9 Å². The first-order valence-corrected chi connectivity index (χ1v) is 10.8. The zero-order valence-electron chi connectivity index (χ0n) is 19.6. The number of ether oxygens (including phenoxy) is 4. The number of rotatable bonds is 8. The number of esters is 3. The second-order valence-electron chi connectivity index (χ2n) is 8.70. The topological polar surface area (TPSA) is 156 Å². The van der Waals surface area contributed by atoms with Crippen LogP contribution >= 0.6 is 0 Å². The van der Waals surface area contributed by atoms with E-state index < -0.39 is 60.6 Å². The summed E-state index contributed by atoms with van der Waals surface area (Å²) in [6.07, 6.45) is -3.16. The molecular weight excluding hydrogens is 438 g/mol. The molecule has 2 aliphatic rings. The highest BCUT2D eigenvalue weighted by atomic mass is 16.7. The monoisotopic (exact) mass is 471 g/mol. The molecule has 0 spiro atoms. The maximum Gasteiger partial charge on any atom is 0.308 e. The van der Waals surface area contributed by atoms with E-state index in [0.29, 0.717) is 0 Å². The first-order chi connectivity index (χ1) is 15.5. The van der Waals surface area contributed by atoms with Gasteiger partial charge in [-0.1, -0.05) is 41.5 Å². The molecule has 1 unspecified atom stereocenters. The van der Waals surface area contributed by atoms with E-state index in [1.807, 2.05) is 5.48 Å². The Hall–Kier alpha value is -2.70. The quantitative estimate of drug-likeness (QED) is 0.258. The van der Waals surface area contributed by atoms with Gasteiger partial charge in [0.15, 0.2) is 24.3 Å². The summed E-state index contributed by atoms with van der Waals surface area (Å²) in [7, 11) is 0. The average Bonchev–Trinajstić information content (AvgIpc) is 3.08. The van der Waals surface area contributed by atoms with Crippen LogP contribution in [0.25, 0.3) is 0 Å². The van der Waals surface area contributed by atoms with Crippen LogP contribution in [0.4, 0.5) is 0 Å². The van der Waals surface area contributed by atoms with Crippen LogP contribution in [0.15, 0.2) is 17.3 Å². The predicted molar refractivity (Wildman–Crippen MR) is 113 cm³/mol. The Labute approximate surface area is 192 Å². The number of carbonyl (C=O) groups excluding carboxylic acids is 3. The standard InChI is InChI=1S/C21H33N3O9/c1-10(2)18(25)30-9-13-15(32-19(26)11(3)4)16(33-20(27)12(5)6)17(31-13)24-8-7-14(23-29)22-21(24)28/h7-8,10-13,15-17,21,28-29H,9H2,1-6H3,(H,22,23)/t13-,15-,16-,17-,21?/m1/s1. The number of hydrogen-bond donors (Lipinski definition) is 3. The minimum absolute atomic E-state index is 0.00216. The van der Waals surface area contributed by atoms with Gasteiger partial charge in [-0.15, -0.1) is 0 Å². The SMILES string of the molecule is CC(C)C(=O)OC[C@H]1O[C@@H](N2C=CC(NO)=NC2O)[C@H](OC(=O)C(C)C)[C@@H]1OC(=O)C(C)C. The fraction of sp³-hybridized carbons (Fsp3) is 0.714. The van der Waals surface area contributed by atoms with Crippen molar-refractivity contribution in [2.24, 2.45) is 22.7 Å². The zero-order chi connectivity index (χ0) is 24.9. The molecule has 0 radical (unpaired) electrons. The van der Waals surface area contributed by atoms with Crippen LogP contribution < -0.4 is 5.48 Å². The highest BCUT2D eigenvalue weighted by Crippen LogP contribution is 2.32. The Balaban J connectivity index is 2.37. The molecule has 2 aliphatic heterocycles. The highest BCUT2D eigenvalue weighted by Gasteiger charge is 2.53. The number of aliphatic hydroxyl groups is 1. The summed E-state index contributed by atoms with van der Waals surface area (Å²) in [6, 6.07) is 0. The molecule has 2 heterocycles. The average molecular weight is 472 g/mol. The molecule has 186 valence electrons. The number of hydroxylamine groups is 1. The number of hydrogen-bond acceptors (Lipinski definition) is 12. The van der Waals surface area contributed by atoms with Crippen LogP contribution in [0.2, 0.25) is 0 Å². The van der Waals surface area contributed by atoms with Crippen molar-refractivity contribution >= 4 is 23.7 Å². The van der Waals surface area contributed by atoms with Gasteiger partial charge in [0, 0.05) is 6.20 Å². The Kier molecular flexibility index (Phi) is 9.20. The normalized spacial score (nSPS) is 27.1. The van der Waals surface area contributed by atoms with Crippen molar-refractivity contribution in [1.82, 2.24) is 10.4 Å². The minimum Gasteiger partial charge on any atom is -0.463 e. The van der Waals surface area contributed by atoms with Crippen molar-refractivity contribution in [3.8, 4) is 0 Å². The lowest BCUT2D eigenvalue weighted by molar-refractivity contribution is -0.177. The van der Waals surface area contributed by atoms with Gasteiger partial charge in [0.1, 0.15) is 12.7 Å². The van der Waals surface area contributed by atoms with Crippen LogP contribution in [0, 0.1) is 17.8 Å². The van der Waals surface area contributed by atoms with Crippen LogP contribution in [-0.2, 0) is 33.3 Å². The van der Waals surface area contributed by atoms with Gasteiger partial charge < -0.3 is 29.0 Å². The summed E-state index contributed by atoms with van der Waals surface area (Å²) < 4.78 is 22.5. The third-order valence-corrected chi connectivity index (χ3v) is 4.93. The van der Waals surface area contributed by atoms with Crippen molar-refractivity contribution in [3.63, 3.8) is 0 Å². The molecule has 12 heteroatoms. The predicted octanol–water partition coefficient (Wildman–Crippen LogP) is 0.529. The van der Waals surface area contributed by atoms with Gasteiger partial charge in [-0.25, -0.2) is 4.99 Å². The largest absolute Gasteiger partial charge is 0.463 e. The Morgan fingerprint density at radius 3 is 2.06 bits per heavy atom. The van der Waals surface area contributed by atoms with Gasteiger partial charge in [-0.05, 0) is 6.08 Å². The molecule has 0 saturated carbocycles. The van der Waals surface area contributed by atoms with Gasteiger partial charge in [0.05, 0.1) is 17.8 Å². The molecule has 0 bridgehead atoms. The number of nitrogens with zero attached hydrogens (tertiary/aromatic N) is 2. The first-order valence-electron chi connectivity index (χ1n) is 10.8. The molecule has 0 aromatic rings. The lowest BCUT2D eigenvalue weighted by Gasteiger charge is -2.34. The molecule has 0 aliphatic carbocycles. The number of aliphatic hydroxyl groups excluding tert-OH is 1. The van der Waals surface area contributed by atoms with Crippen molar-refractivity contribution in [2.45, 2.75) is 72.4 Å². The van der Waals surface area contributed by atoms with E-state index in [-0.39, 0.29) is 18.4 Å². The van der Waals surface area contributed by atoms with E-state index >= 15 is 0 Å². The number of aliphatic imine (C=N–C) groups is 1. The molecule has 0 aromatic carbocycles. The Morgan fingerprint density at radius 2 is 1.58 bits per heavy atom. The Bertz CT molecular complexity index is 781. The second-order valence-corrected chi connectivity index (χ2v) is 8.70. The lowest BCUT2D eigenvalue weighted by atomic mass is 10.1. The van der Waals surface area contributed by atoms with Crippen LogP contribution in [0.3, 0.4) is 0 Å². The van der Waals surface area contributed by atoms with Gasteiger partial charge in [0.2, 0.25) is 6.35 Å². The summed E-state index contributed by atoms with van der Waals surface area (Å²) in [5.41, 5.74) is 1.83. The van der Waals surface area contributed by atoms with E-state index in [1.165, 1.54) is 17.2 Å². The summed E-state index contributed by atoms with van der Waals surface area (Å²) in [5, 5.41) is 19.5. The van der Waals surface area contributed by atoms with Gasteiger partial charge in [-0.3, -0.25) is 25.1 Å². The van der Waals surface area contributed by atoms with E-state index in [0.717, 1.165) is 0 Å². The first kappa shape index (κ1) is 26.6. The minimum atomic E-state index is -1.51. The van der Waals surface area contributed by atoms with Gasteiger partial charge in [0.25, 0.3) is 0 Å². The highest BCUT2D eigenvalue weighted by molar-refractivity contribution is 5.92. The van der Waals surface area contributed by atoms with E-state index in [2.05, 4.69) is 4.99 Å². The molecular formula is C21H33N3O9. The molecule has 5 atom stereocenters. The summed E-state index contributed by atoms with van der Waals surface area (Å²) >= 11 is 0. The second kappa shape index (κ2) is 11.4. The number of carbonyl (C=O) groups is 3. The fourth-order valence-electron chi connectivity index (χ4n) is 2.97. The number of amidine groups is 1. The molecule has 0 amide bonds. The third-order valence-electron chi connectivity index (χ3n) is 4.93. The van der Waals surface area contributed by atoms with Gasteiger partial charge in [-0.2, -0.15) is 0 Å². The van der Waals surface area contributed by atoms with Crippen molar-refractivity contribution in [3.05, 3.63) is 12.3 Å². The van der Waals surface area contributed by atoms with E-state index in [9.17, 15) is 19.5 Å². The summed E-state index contributed by atoms with van der Waals surface area (Å²) in [5.74, 6) is -2.97. The van der Waals surface area contributed by atoms with Crippen LogP contribution in [0.5, 0.6) is 0 Å². The maximum atomic E-state index is 12.5. The van der Waals surface area contributed by atoms with Crippen molar-refractivity contribution < 1.29 is 43.6 Å². The van der Waals surface area contributed by atoms with E-state index in [4.69, 9.17) is 24.2 Å². The van der Waals surface area contributed by atoms with E-state index in [1.54, 1.807) is 41.5 Å². The smallest absolute Gasteiger partial charge is 0.308 e. The molecule has 3 N–H and O–H groups in total. The molecule has 2 rings (SSSR count). The summed E-state index contributed by atoms with van der Waals surface area (Å²) in [4.78, 5) is 42.0. The van der Waals surface area contributed by atoms with Crippen LogP contribution in [0.1, 0.15) is 41.5 Å². The third kappa shape index (κ3) is 6.65. The molecule has 1 fully saturated rings. The molecule has 12 nitrogen and oxygen atoms in total. The zero-order valence-corrected chi connectivity index (χ0v) is 19.6. The number of nitrogens with one attached hydrogen (secondary N) is 1. The summed E-state index contributed by atoms with van der Waals surface area (Å²) in [6.45, 7) is 9.65. The van der Waals surface area contributed by atoms with Crippen molar-refractivity contribution in [1.29, 1.82) is 0 Å². The Morgan fingerprint density at radius 1 is 1.03 bits per heavy atom. The molecule has 1 saturated heterocycles. The maximum absolute atomic E-state index is 12.5. The lowest BCUT2D eigenvalue weighted by Crippen LogP contribution is -2.50. The molecule has 0 aromatic heterocycles. The molecule has 33 heavy (non-hydrogen) atoms. The fourth-order valence-corrected chi connectivity index (χ4v) is 2.97.